The molecule has 0 radical (unpaired) electrons. The molecule has 10 fully saturated rings. The van der Waals surface area contributed by atoms with Gasteiger partial charge in [0.05, 0.1) is 36.6 Å². The maximum absolute atomic E-state index is 7.60. The average Bonchev–Trinajstić information content (AvgIpc) is 3.92. The van der Waals surface area contributed by atoms with Crippen molar-refractivity contribution in [3.63, 3.8) is 0 Å². The van der Waals surface area contributed by atoms with Crippen molar-refractivity contribution in [3.05, 3.63) is 0 Å². The minimum atomic E-state index is -2.56. The predicted octanol–water partition coefficient (Wildman–Crippen LogP) is 6.81. The summed E-state index contributed by atoms with van der Waals surface area (Å²) in [6, 6.07) is 4.20. The lowest BCUT2D eigenvalue weighted by Crippen LogP contribution is -2.67. The number of ether oxygens (including phenoxy) is 3. The molecule has 0 aromatic rings. The molecule has 0 aromatic carbocycles. The molecule has 6 aliphatic carbocycles. The monoisotopic (exact) mass is 676 g/mol. The largest absolute Gasteiger partial charge is 0.416 e. The van der Waals surface area contributed by atoms with Gasteiger partial charge in [0.25, 0.3) is 0 Å². The molecule has 4 heterocycles. The molecule has 11 heteroatoms. The van der Waals surface area contributed by atoms with Crippen LogP contribution in [0.2, 0.25) is 50.4 Å². The van der Waals surface area contributed by atoms with E-state index in [1.54, 1.807) is 0 Å². The lowest BCUT2D eigenvalue weighted by Gasteiger charge is -2.51. The molecule has 0 amide bonds. The number of fused-ring (bicyclic) bond motifs is 15. The lowest BCUT2D eigenvalue weighted by molar-refractivity contribution is 0.208. The predicted molar refractivity (Wildman–Crippen MR) is 175 cm³/mol. The van der Waals surface area contributed by atoms with Gasteiger partial charge in [0.2, 0.25) is 0 Å². The van der Waals surface area contributed by atoms with E-state index in [9.17, 15) is 0 Å². The molecule has 6 saturated carbocycles. The van der Waals surface area contributed by atoms with Gasteiger partial charge >= 0.3 is 34.2 Å². The first-order valence-electron chi connectivity index (χ1n) is 18.8. The number of hydrogen-bond donors (Lipinski definition) is 0. The van der Waals surface area contributed by atoms with E-state index >= 15 is 0 Å². The van der Waals surface area contributed by atoms with E-state index in [0.717, 1.165) is 77.4 Å². The molecule has 17 unspecified atom stereocenters. The van der Waals surface area contributed by atoms with Crippen molar-refractivity contribution in [2.75, 3.05) is 0 Å². The van der Waals surface area contributed by atoms with Gasteiger partial charge in [0.15, 0.2) is 0 Å². The summed E-state index contributed by atoms with van der Waals surface area (Å²) in [7, 11) is -10.1. The Balaban J connectivity index is 0.880. The Morgan fingerprint density at radius 1 is 0.432 bits per heavy atom. The number of epoxide rings is 3. The van der Waals surface area contributed by atoms with Gasteiger partial charge in [0, 0.05) is 0 Å². The van der Waals surface area contributed by atoms with Gasteiger partial charge in [-0.15, -0.1) is 0 Å². The van der Waals surface area contributed by atoms with Crippen LogP contribution in [0.5, 0.6) is 0 Å². The molecule has 0 spiro atoms. The van der Waals surface area contributed by atoms with E-state index in [0.29, 0.717) is 36.6 Å². The third kappa shape index (κ3) is 4.82. The molecule has 0 aromatic heterocycles. The molecule has 44 heavy (non-hydrogen) atoms. The van der Waals surface area contributed by atoms with Crippen LogP contribution in [-0.2, 0) is 30.7 Å². The van der Waals surface area contributed by atoms with E-state index in [1.165, 1.54) is 57.8 Å². The second-order valence-corrected chi connectivity index (χ2v) is 32.6. The van der Waals surface area contributed by atoms with Gasteiger partial charge in [-0.1, -0.05) is 6.92 Å². The van der Waals surface area contributed by atoms with E-state index < -0.39 is 34.2 Å². The van der Waals surface area contributed by atoms with E-state index in [4.69, 9.17) is 30.7 Å². The molecule has 0 N–H and O–H groups in total. The van der Waals surface area contributed by atoms with Gasteiger partial charge in [0.1, 0.15) is 0 Å². The zero-order valence-electron chi connectivity index (χ0n) is 27.7. The standard InChI is InChI=1S/C33H56O7Si4/c1-6-41(2)37-42(3,10-7-19-13-22-16-25(19)31-28(22)34-31)39-44(5,12-9-21-15-24-18-27(21)33-30(24)36-33)40-43(4,38-41)11-8-20-14-23-17-26(20)32-29(23)35-32/h19-33H,6-18H2,1-5H3. The van der Waals surface area contributed by atoms with Crippen molar-refractivity contribution in [3.8, 4) is 0 Å². The zero-order chi connectivity index (χ0) is 29.8. The molecule has 10 aliphatic rings. The third-order valence-corrected chi connectivity index (χ3v) is 33.7. The van der Waals surface area contributed by atoms with E-state index in [2.05, 4.69) is 33.1 Å². The highest BCUT2D eigenvalue weighted by molar-refractivity contribution is 6.93. The van der Waals surface area contributed by atoms with Crippen molar-refractivity contribution in [1.29, 1.82) is 0 Å². The van der Waals surface area contributed by atoms with Gasteiger partial charge in [-0.3, -0.25) is 0 Å². The summed E-state index contributed by atoms with van der Waals surface area (Å²) in [5.41, 5.74) is 0. The van der Waals surface area contributed by atoms with Crippen molar-refractivity contribution in [2.24, 2.45) is 53.3 Å². The maximum Gasteiger partial charge on any atom is 0.317 e. The molecule has 4 aliphatic heterocycles. The highest BCUT2D eigenvalue weighted by Gasteiger charge is 2.66. The summed E-state index contributed by atoms with van der Waals surface area (Å²) in [6.07, 6.45) is 15.5. The fraction of sp³-hybridized carbons (Fsp3) is 1.00. The molecule has 10 rings (SSSR count). The van der Waals surface area contributed by atoms with Crippen LogP contribution in [-0.4, -0.2) is 70.9 Å². The number of hydrogen-bond acceptors (Lipinski definition) is 7. The van der Waals surface area contributed by atoms with Gasteiger partial charge in [-0.2, -0.15) is 0 Å². The fourth-order valence-electron chi connectivity index (χ4n) is 12.9. The van der Waals surface area contributed by atoms with Crippen LogP contribution in [0.25, 0.3) is 0 Å². The maximum atomic E-state index is 7.60. The third-order valence-electron chi connectivity index (χ3n) is 15.0. The Hall–Kier alpha value is 0.588. The Labute approximate surface area is 269 Å². The molecule has 4 saturated heterocycles. The highest BCUT2D eigenvalue weighted by Crippen LogP contribution is 2.62. The Bertz CT molecular complexity index is 1130. The SMILES string of the molecule is CC[Si]1(C)O[Si](C)(CCC2CC3CC2C2OC32)O[Si](C)(CCC2CC3CC2C2OC32)O[Si](C)(CCC2CC3CC2C2OC32)O1. The van der Waals surface area contributed by atoms with Gasteiger partial charge < -0.3 is 30.7 Å². The fourth-order valence-corrected chi connectivity index (χ4v) is 36.0. The first-order chi connectivity index (χ1) is 21.0. The first kappa shape index (κ1) is 29.5. The zero-order valence-corrected chi connectivity index (χ0v) is 31.7. The summed E-state index contributed by atoms with van der Waals surface area (Å²) >= 11 is 0. The van der Waals surface area contributed by atoms with Crippen molar-refractivity contribution in [2.45, 2.75) is 152 Å². The second kappa shape index (κ2) is 9.85. The molecular weight excluding hydrogens is 621 g/mol. The van der Waals surface area contributed by atoms with Crippen LogP contribution in [0, 0.1) is 53.3 Å². The van der Waals surface area contributed by atoms with Gasteiger partial charge in [-0.25, -0.2) is 0 Å². The smallest absolute Gasteiger partial charge is 0.317 e. The van der Waals surface area contributed by atoms with Crippen LogP contribution in [0.1, 0.15) is 64.7 Å². The first-order valence-corrected chi connectivity index (χ1v) is 28.9. The summed E-state index contributed by atoms with van der Waals surface area (Å²) in [5.74, 6) is 7.16. The van der Waals surface area contributed by atoms with E-state index in [-0.39, 0.29) is 0 Å². The lowest BCUT2D eigenvalue weighted by atomic mass is 9.87. The highest BCUT2D eigenvalue weighted by atomic mass is 28.5. The summed E-state index contributed by atoms with van der Waals surface area (Å²) < 4.78 is 48.2. The minimum Gasteiger partial charge on any atom is -0.416 e. The van der Waals surface area contributed by atoms with Crippen molar-refractivity contribution >= 4 is 34.2 Å². The number of rotatable bonds is 10. The topological polar surface area (TPSA) is 74.5 Å². The van der Waals surface area contributed by atoms with Gasteiger partial charge in [-0.05, 0) is 161 Å². The Kier molecular flexibility index (Phi) is 6.60. The average molecular weight is 677 g/mol. The Morgan fingerprint density at radius 3 is 1.02 bits per heavy atom. The quantitative estimate of drug-likeness (QED) is 0.186. The second-order valence-electron chi connectivity index (χ2n) is 18.1. The van der Waals surface area contributed by atoms with Crippen LogP contribution in [0.15, 0.2) is 0 Å². The van der Waals surface area contributed by atoms with Crippen molar-refractivity contribution in [1.82, 2.24) is 0 Å². The molecule has 246 valence electrons. The normalized spacial score (nSPS) is 63.6. The molecule has 7 nitrogen and oxygen atoms in total. The summed E-state index contributed by atoms with van der Waals surface area (Å²) in [4.78, 5) is 0. The Morgan fingerprint density at radius 2 is 0.750 bits per heavy atom. The van der Waals surface area contributed by atoms with Crippen LogP contribution >= 0.6 is 0 Å². The van der Waals surface area contributed by atoms with Crippen LogP contribution in [0.3, 0.4) is 0 Å². The molecular formula is C33H56O7Si4. The molecule has 17 atom stereocenters. The minimum absolute atomic E-state index is 0.572. The van der Waals surface area contributed by atoms with E-state index in [1.807, 2.05) is 0 Å². The summed E-state index contributed by atoms with van der Waals surface area (Å²) in [5, 5.41) is 0. The van der Waals surface area contributed by atoms with Crippen molar-refractivity contribution < 1.29 is 30.7 Å². The van der Waals surface area contributed by atoms with Crippen LogP contribution < -0.4 is 0 Å². The molecule has 6 bridgehead atoms. The summed E-state index contributed by atoms with van der Waals surface area (Å²) in [6.45, 7) is 11.8. The van der Waals surface area contributed by atoms with Crippen LogP contribution in [0.4, 0.5) is 0 Å².